The predicted octanol–water partition coefficient (Wildman–Crippen LogP) is 12.5. The molecule has 0 aliphatic carbocycles. The second-order valence-corrected chi connectivity index (χ2v) is 12.8. The third kappa shape index (κ3) is 33.3. The highest BCUT2D eigenvalue weighted by molar-refractivity contribution is 5.69. The Kier molecular flexibility index (Phi) is 32.6. The van der Waals surface area contributed by atoms with Crippen LogP contribution in [0.25, 0.3) is 0 Å². The summed E-state index contributed by atoms with van der Waals surface area (Å²) in [5.41, 5.74) is 0. The summed E-state index contributed by atoms with van der Waals surface area (Å²) < 4.78 is 6.01. The van der Waals surface area contributed by atoms with Crippen molar-refractivity contribution >= 4 is 11.9 Å². The number of carboxylic acids is 1. The van der Waals surface area contributed by atoms with Crippen LogP contribution in [0.4, 0.5) is 0 Å². The van der Waals surface area contributed by atoms with Crippen LogP contribution in [0.15, 0.2) is 0 Å². The van der Waals surface area contributed by atoms with Crippen molar-refractivity contribution in [1.82, 2.24) is 0 Å². The molecule has 4 heteroatoms. The zero-order valence-electron chi connectivity index (χ0n) is 27.9. The molecular weight excluding hydrogens is 508 g/mol. The summed E-state index contributed by atoms with van der Waals surface area (Å²) in [6.07, 6.45) is 38.3. The summed E-state index contributed by atoms with van der Waals surface area (Å²) in [5, 5.41) is 8.74. The molecule has 0 spiro atoms. The lowest BCUT2D eigenvalue weighted by Gasteiger charge is -2.18. The van der Waals surface area contributed by atoms with E-state index in [2.05, 4.69) is 13.8 Å². The summed E-state index contributed by atoms with van der Waals surface area (Å²) in [6.45, 7) is 4.55. The van der Waals surface area contributed by atoms with Crippen molar-refractivity contribution in [2.24, 2.45) is 0 Å². The molecule has 1 atom stereocenters. The van der Waals surface area contributed by atoms with Gasteiger partial charge in [-0.2, -0.15) is 0 Å². The molecular formula is C37H72O4. The minimum atomic E-state index is -0.684. The summed E-state index contributed by atoms with van der Waals surface area (Å²) >= 11 is 0. The van der Waals surface area contributed by atoms with E-state index in [-0.39, 0.29) is 12.1 Å². The molecule has 0 saturated carbocycles. The highest BCUT2D eigenvalue weighted by Crippen LogP contribution is 2.19. The number of hydrogen-bond acceptors (Lipinski definition) is 3. The molecule has 0 aliphatic rings. The second-order valence-electron chi connectivity index (χ2n) is 12.8. The summed E-state index contributed by atoms with van der Waals surface area (Å²) in [6, 6.07) is 0. The number of carboxylic acid groups (broad SMARTS) is 1. The van der Waals surface area contributed by atoms with Crippen LogP contribution in [0, 0.1) is 0 Å². The first-order valence-corrected chi connectivity index (χ1v) is 18.5. The molecule has 0 rings (SSSR count). The van der Waals surface area contributed by atoms with Gasteiger partial charge in [0.05, 0.1) is 0 Å². The monoisotopic (exact) mass is 581 g/mol. The maximum atomic E-state index is 12.6. The zero-order valence-corrected chi connectivity index (χ0v) is 27.9. The molecule has 0 fully saturated rings. The van der Waals surface area contributed by atoms with Crippen molar-refractivity contribution in [3.05, 3.63) is 0 Å². The van der Waals surface area contributed by atoms with Crippen LogP contribution in [-0.4, -0.2) is 23.1 Å². The Bertz CT molecular complexity index is 547. The van der Waals surface area contributed by atoms with Crippen molar-refractivity contribution < 1.29 is 19.4 Å². The molecule has 0 amide bonds. The normalized spacial score (nSPS) is 12.0. The first kappa shape index (κ1) is 39.9. The quantitative estimate of drug-likeness (QED) is 0.0607. The molecule has 0 aliphatic heterocycles. The first-order valence-electron chi connectivity index (χ1n) is 18.5. The van der Waals surface area contributed by atoms with Gasteiger partial charge in [0.25, 0.3) is 0 Å². The highest BCUT2D eigenvalue weighted by atomic mass is 16.5. The Morgan fingerprint density at radius 1 is 0.439 bits per heavy atom. The smallest absolute Gasteiger partial charge is 0.306 e. The number of carbonyl (C=O) groups excluding carboxylic acids is 1. The van der Waals surface area contributed by atoms with Gasteiger partial charge in [0, 0.05) is 12.8 Å². The third-order valence-electron chi connectivity index (χ3n) is 8.58. The molecule has 244 valence electrons. The van der Waals surface area contributed by atoms with Gasteiger partial charge in [0.15, 0.2) is 0 Å². The highest BCUT2D eigenvalue weighted by Gasteiger charge is 2.14. The summed E-state index contributed by atoms with van der Waals surface area (Å²) in [7, 11) is 0. The molecule has 0 radical (unpaired) electrons. The van der Waals surface area contributed by atoms with Gasteiger partial charge in [0.2, 0.25) is 0 Å². The fourth-order valence-corrected chi connectivity index (χ4v) is 5.83. The molecule has 0 saturated heterocycles. The van der Waals surface area contributed by atoms with E-state index < -0.39 is 5.97 Å². The Hall–Kier alpha value is -1.06. The minimum absolute atomic E-state index is 0.0245. The van der Waals surface area contributed by atoms with Gasteiger partial charge in [-0.1, -0.05) is 168 Å². The molecule has 1 unspecified atom stereocenters. The van der Waals surface area contributed by atoms with E-state index in [1.165, 1.54) is 141 Å². The maximum absolute atomic E-state index is 12.6. The van der Waals surface area contributed by atoms with Crippen molar-refractivity contribution in [3.63, 3.8) is 0 Å². The summed E-state index contributed by atoms with van der Waals surface area (Å²) in [4.78, 5) is 23.2. The fourth-order valence-electron chi connectivity index (χ4n) is 5.83. The van der Waals surface area contributed by atoms with Gasteiger partial charge in [0.1, 0.15) is 6.10 Å². The van der Waals surface area contributed by atoms with Gasteiger partial charge in [-0.05, 0) is 38.5 Å². The predicted molar refractivity (Wildman–Crippen MR) is 177 cm³/mol. The van der Waals surface area contributed by atoms with Crippen LogP contribution in [0.5, 0.6) is 0 Å². The van der Waals surface area contributed by atoms with Crippen molar-refractivity contribution in [2.45, 2.75) is 225 Å². The number of carbonyl (C=O) groups is 2. The lowest BCUT2D eigenvalue weighted by atomic mass is 10.0. The van der Waals surface area contributed by atoms with E-state index in [4.69, 9.17) is 9.84 Å². The van der Waals surface area contributed by atoms with Gasteiger partial charge in [-0.3, -0.25) is 9.59 Å². The maximum Gasteiger partial charge on any atom is 0.306 e. The molecule has 0 aromatic heterocycles. The second kappa shape index (κ2) is 33.4. The standard InChI is InChI=1S/C37H72O4/c1-3-5-7-9-11-13-14-15-17-22-26-30-34-37(40)41-35(31-27-23-19-16-12-10-8-6-4-2)32-28-24-20-18-21-25-29-33-36(38)39/h35H,3-34H2,1-2H3,(H,38,39). The van der Waals surface area contributed by atoms with E-state index in [0.717, 1.165) is 51.4 Å². The van der Waals surface area contributed by atoms with E-state index in [0.29, 0.717) is 12.8 Å². The minimum Gasteiger partial charge on any atom is -0.481 e. The zero-order chi connectivity index (χ0) is 30.1. The molecule has 4 nitrogen and oxygen atoms in total. The van der Waals surface area contributed by atoms with Crippen LogP contribution < -0.4 is 0 Å². The van der Waals surface area contributed by atoms with Crippen LogP contribution in [0.3, 0.4) is 0 Å². The van der Waals surface area contributed by atoms with Gasteiger partial charge in [-0.25, -0.2) is 0 Å². The molecule has 0 aromatic carbocycles. The van der Waals surface area contributed by atoms with Crippen LogP contribution in [0.1, 0.15) is 219 Å². The van der Waals surface area contributed by atoms with Crippen LogP contribution in [-0.2, 0) is 14.3 Å². The van der Waals surface area contributed by atoms with Crippen LogP contribution in [0.2, 0.25) is 0 Å². The van der Waals surface area contributed by atoms with Gasteiger partial charge in [-0.15, -0.1) is 0 Å². The molecule has 0 heterocycles. The molecule has 1 N–H and O–H groups in total. The Morgan fingerprint density at radius 2 is 0.732 bits per heavy atom. The average Bonchev–Trinajstić information content (AvgIpc) is 2.95. The number of hydrogen-bond donors (Lipinski definition) is 1. The van der Waals surface area contributed by atoms with E-state index in [1.54, 1.807) is 0 Å². The average molecular weight is 581 g/mol. The van der Waals surface area contributed by atoms with E-state index in [9.17, 15) is 9.59 Å². The van der Waals surface area contributed by atoms with Crippen molar-refractivity contribution in [3.8, 4) is 0 Å². The number of rotatable bonds is 34. The van der Waals surface area contributed by atoms with Gasteiger partial charge < -0.3 is 9.84 Å². The fraction of sp³-hybridized carbons (Fsp3) is 0.946. The molecule has 0 aromatic rings. The largest absolute Gasteiger partial charge is 0.481 e. The Balaban J connectivity index is 4.03. The molecule has 0 bridgehead atoms. The summed E-state index contributed by atoms with van der Waals surface area (Å²) in [5.74, 6) is -0.659. The topological polar surface area (TPSA) is 63.6 Å². The van der Waals surface area contributed by atoms with Crippen LogP contribution >= 0.6 is 0 Å². The number of ether oxygens (including phenoxy) is 1. The lowest BCUT2D eigenvalue weighted by Crippen LogP contribution is -2.18. The molecule has 41 heavy (non-hydrogen) atoms. The lowest BCUT2D eigenvalue weighted by molar-refractivity contribution is -0.150. The number of unbranched alkanes of at least 4 members (excludes halogenated alkanes) is 25. The third-order valence-corrected chi connectivity index (χ3v) is 8.58. The van der Waals surface area contributed by atoms with Crippen molar-refractivity contribution in [2.75, 3.05) is 0 Å². The van der Waals surface area contributed by atoms with Crippen molar-refractivity contribution in [1.29, 1.82) is 0 Å². The van der Waals surface area contributed by atoms with Gasteiger partial charge >= 0.3 is 11.9 Å². The van der Waals surface area contributed by atoms with E-state index in [1.807, 2.05) is 0 Å². The van der Waals surface area contributed by atoms with E-state index >= 15 is 0 Å². The Morgan fingerprint density at radius 3 is 1.07 bits per heavy atom. The SMILES string of the molecule is CCCCCCCCCCCCCCC(=O)OC(CCCCCCCCCCC)CCCCCCCCCC(=O)O. The first-order chi connectivity index (χ1) is 20.1. The number of esters is 1. The number of aliphatic carboxylic acids is 1. The Labute approximate surface area is 256 Å².